The Morgan fingerprint density at radius 3 is 2.12 bits per heavy atom. The molecule has 1 aromatic carbocycles. The Bertz CT molecular complexity index is 693. The molecule has 3 rings (SSSR count). The fourth-order valence-electron chi connectivity index (χ4n) is 4.21. The molecule has 140 valence electrons. The molecule has 0 saturated heterocycles. The van der Waals surface area contributed by atoms with Gasteiger partial charge in [-0.2, -0.15) is 0 Å². The van der Waals surface area contributed by atoms with Crippen LogP contribution < -0.4 is 0 Å². The van der Waals surface area contributed by atoms with Crippen molar-refractivity contribution in [1.29, 1.82) is 0 Å². The van der Waals surface area contributed by atoms with Gasteiger partial charge in [-0.05, 0) is 70.4 Å². The molecule has 1 aromatic rings. The number of allylic oxidation sites excluding steroid dienone is 2. The Labute approximate surface area is 155 Å². The molecule has 0 amide bonds. The van der Waals surface area contributed by atoms with Crippen LogP contribution in [-0.2, 0) is 19.1 Å². The van der Waals surface area contributed by atoms with Gasteiger partial charge in [-0.15, -0.1) is 0 Å². The minimum absolute atomic E-state index is 0.254. The van der Waals surface area contributed by atoms with Crippen molar-refractivity contribution < 1.29 is 19.1 Å². The van der Waals surface area contributed by atoms with Gasteiger partial charge in [-0.3, -0.25) is 9.59 Å². The molecule has 0 aromatic heterocycles. The van der Waals surface area contributed by atoms with Crippen LogP contribution in [0.2, 0.25) is 0 Å². The Morgan fingerprint density at radius 1 is 1.00 bits per heavy atom. The Kier molecular flexibility index (Phi) is 5.22. The van der Waals surface area contributed by atoms with E-state index in [2.05, 4.69) is 12.1 Å². The average Bonchev–Trinajstić information content (AvgIpc) is 3.12. The summed E-state index contributed by atoms with van der Waals surface area (Å²) in [5.74, 6) is -0.621. The molecule has 0 heterocycles. The van der Waals surface area contributed by atoms with E-state index >= 15 is 0 Å². The van der Waals surface area contributed by atoms with Gasteiger partial charge in [-0.1, -0.05) is 35.9 Å². The van der Waals surface area contributed by atoms with Gasteiger partial charge in [0.1, 0.15) is 0 Å². The highest BCUT2D eigenvalue weighted by atomic mass is 16.6. The van der Waals surface area contributed by atoms with Crippen molar-refractivity contribution in [2.45, 2.75) is 65.6 Å². The minimum atomic E-state index is -1.20. The van der Waals surface area contributed by atoms with Crippen LogP contribution in [0.3, 0.4) is 0 Å². The van der Waals surface area contributed by atoms with E-state index in [1.54, 1.807) is 0 Å². The van der Waals surface area contributed by atoms with E-state index in [0.29, 0.717) is 12.8 Å². The van der Waals surface area contributed by atoms with Crippen LogP contribution in [0.25, 0.3) is 5.57 Å². The molecular formula is C22H28O4. The summed E-state index contributed by atoms with van der Waals surface area (Å²) < 4.78 is 11.0. The number of benzene rings is 1. The van der Waals surface area contributed by atoms with Crippen LogP contribution in [0, 0.1) is 11.3 Å². The molecule has 1 fully saturated rings. The van der Waals surface area contributed by atoms with Crippen LogP contribution in [0.15, 0.2) is 35.9 Å². The average molecular weight is 356 g/mol. The van der Waals surface area contributed by atoms with Crippen molar-refractivity contribution in [3.63, 3.8) is 0 Å². The van der Waals surface area contributed by atoms with Gasteiger partial charge in [0.25, 0.3) is 0 Å². The maximum absolute atomic E-state index is 12.9. The summed E-state index contributed by atoms with van der Waals surface area (Å²) >= 11 is 0. The summed E-state index contributed by atoms with van der Waals surface area (Å²) in [6, 6.07) is 10.3. The topological polar surface area (TPSA) is 52.6 Å². The van der Waals surface area contributed by atoms with Crippen LogP contribution in [0.4, 0.5) is 0 Å². The first-order chi connectivity index (χ1) is 12.3. The molecule has 4 heteroatoms. The SMILES string of the molecule is CC(C)OC(=O)C1(C(=O)OC(C)C)CC2=C(c3ccccc3)CC[C@H]2C1. The van der Waals surface area contributed by atoms with Gasteiger partial charge in [0.15, 0.2) is 5.41 Å². The first-order valence-electron chi connectivity index (χ1n) is 9.53. The van der Waals surface area contributed by atoms with Gasteiger partial charge in [0.2, 0.25) is 0 Å². The molecule has 0 N–H and O–H groups in total. The van der Waals surface area contributed by atoms with E-state index in [0.717, 1.165) is 12.8 Å². The van der Waals surface area contributed by atoms with E-state index in [9.17, 15) is 9.59 Å². The maximum atomic E-state index is 12.9. The van der Waals surface area contributed by atoms with Crippen LogP contribution in [0.5, 0.6) is 0 Å². The Morgan fingerprint density at radius 2 is 1.58 bits per heavy atom. The third-order valence-electron chi connectivity index (χ3n) is 5.30. The molecule has 1 saturated carbocycles. The van der Waals surface area contributed by atoms with Crippen molar-refractivity contribution in [2.24, 2.45) is 11.3 Å². The summed E-state index contributed by atoms with van der Waals surface area (Å²) in [4.78, 5) is 25.9. The molecule has 0 unspecified atom stereocenters. The molecule has 1 atom stereocenters. The van der Waals surface area contributed by atoms with E-state index in [1.165, 1.54) is 16.7 Å². The molecule has 0 aliphatic heterocycles. The lowest BCUT2D eigenvalue weighted by Gasteiger charge is -2.27. The van der Waals surface area contributed by atoms with Crippen LogP contribution in [0.1, 0.15) is 58.9 Å². The number of fused-ring (bicyclic) bond motifs is 1. The fourth-order valence-corrected chi connectivity index (χ4v) is 4.21. The highest BCUT2D eigenvalue weighted by molar-refractivity contribution is 6.02. The zero-order valence-electron chi connectivity index (χ0n) is 16.1. The van der Waals surface area contributed by atoms with E-state index < -0.39 is 17.4 Å². The standard InChI is InChI=1S/C22H28O4/c1-14(2)25-20(23)22(21(24)26-15(3)4)12-17-10-11-18(19(17)13-22)16-8-6-5-7-9-16/h5-9,14-15,17H,10-13H2,1-4H3/t17-/m0/s1. The van der Waals surface area contributed by atoms with Crippen molar-refractivity contribution in [3.05, 3.63) is 41.5 Å². The number of esters is 2. The predicted molar refractivity (Wildman–Crippen MR) is 100 cm³/mol. The summed E-state index contributed by atoms with van der Waals surface area (Å²) in [5.41, 5.74) is 2.51. The highest BCUT2D eigenvalue weighted by Gasteiger charge is 2.57. The Balaban J connectivity index is 1.97. The lowest BCUT2D eigenvalue weighted by atomic mass is 9.83. The predicted octanol–water partition coefficient (Wildman–Crippen LogP) is 4.53. The fraction of sp³-hybridized carbons (Fsp3) is 0.545. The van der Waals surface area contributed by atoms with Gasteiger partial charge in [0.05, 0.1) is 12.2 Å². The number of carbonyl (C=O) groups is 2. The van der Waals surface area contributed by atoms with Crippen LogP contribution >= 0.6 is 0 Å². The normalized spacial score (nSPS) is 21.2. The van der Waals surface area contributed by atoms with Gasteiger partial charge in [-0.25, -0.2) is 0 Å². The minimum Gasteiger partial charge on any atom is -0.462 e. The van der Waals surface area contributed by atoms with E-state index in [1.807, 2.05) is 45.9 Å². The number of rotatable bonds is 5. The van der Waals surface area contributed by atoms with Gasteiger partial charge in [0, 0.05) is 0 Å². The van der Waals surface area contributed by atoms with Gasteiger partial charge >= 0.3 is 11.9 Å². The molecule has 26 heavy (non-hydrogen) atoms. The number of ether oxygens (including phenoxy) is 2. The zero-order chi connectivity index (χ0) is 18.9. The van der Waals surface area contributed by atoms with Crippen molar-refractivity contribution in [1.82, 2.24) is 0 Å². The second kappa shape index (κ2) is 7.26. The summed E-state index contributed by atoms with van der Waals surface area (Å²) in [5, 5.41) is 0. The van der Waals surface area contributed by atoms with Gasteiger partial charge < -0.3 is 9.47 Å². The molecule has 2 aliphatic carbocycles. The third-order valence-corrected chi connectivity index (χ3v) is 5.30. The summed E-state index contributed by atoms with van der Waals surface area (Å²) in [6.45, 7) is 7.24. The molecule has 0 bridgehead atoms. The van der Waals surface area contributed by atoms with E-state index in [4.69, 9.17) is 9.47 Å². The molecular weight excluding hydrogens is 328 g/mol. The molecule has 2 aliphatic rings. The first-order valence-corrected chi connectivity index (χ1v) is 9.53. The lowest BCUT2D eigenvalue weighted by Crippen LogP contribution is -2.42. The second-order valence-electron chi connectivity index (χ2n) is 7.98. The maximum Gasteiger partial charge on any atom is 0.324 e. The van der Waals surface area contributed by atoms with Crippen molar-refractivity contribution in [2.75, 3.05) is 0 Å². The van der Waals surface area contributed by atoms with Crippen molar-refractivity contribution >= 4 is 17.5 Å². The highest BCUT2D eigenvalue weighted by Crippen LogP contribution is 2.55. The van der Waals surface area contributed by atoms with Crippen LogP contribution in [-0.4, -0.2) is 24.1 Å². The third kappa shape index (κ3) is 3.42. The number of carbonyl (C=O) groups excluding carboxylic acids is 2. The quantitative estimate of drug-likeness (QED) is 0.574. The Hall–Kier alpha value is -2.10. The number of hydrogen-bond acceptors (Lipinski definition) is 4. The summed E-state index contributed by atoms with van der Waals surface area (Å²) in [6.07, 6.45) is 2.38. The molecule has 4 nitrogen and oxygen atoms in total. The lowest BCUT2D eigenvalue weighted by molar-refractivity contribution is -0.176. The number of hydrogen-bond donors (Lipinski definition) is 0. The monoisotopic (exact) mass is 356 g/mol. The largest absolute Gasteiger partial charge is 0.462 e. The molecule has 0 radical (unpaired) electrons. The summed E-state index contributed by atoms with van der Waals surface area (Å²) in [7, 11) is 0. The molecule has 0 spiro atoms. The van der Waals surface area contributed by atoms with Crippen molar-refractivity contribution in [3.8, 4) is 0 Å². The first kappa shape index (κ1) is 18.7. The smallest absolute Gasteiger partial charge is 0.324 e. The zero-order valence-corrected chi connectivity index (χ0v) is 16.1. The van der Waals surface area contributed by atoms with E-state index in [-0.39, 0.29) is 18.1 Å². The second-order valence-corrected chi connectivity index (χ2v) is 7.98.